The first-order valence-electron chi connectivity index (χ1n) is 12.7. The molecule has 6 heteroatoms. The number of hydrogen-bond acceptors (Lipinski definition) is 3. The van der Waals surface area contributed by atoms with E-state index in [2.05, 4.69) is 62.3 Å². The van der Waals surface area contributed by atoms with Gasteiger partial charge < -0.3 is 20.1 Å². The van der Waals surface area contributed by atoms with Gasteiger partial charge in [-0.25, -0.2) is 0 Å². The Morgan fingerprint density at radius 3 is 2.26 bits per heavy atom. The molecule has 0 aliphatic carbocycles. The number of nitrogens with one attached hydrogen (secondary N) is 2. The second kappa shape index (κ2) is 7.69. The molecule has 2 amide bonds. The van der Waals surface area contributed by atoms with E-state index < -0.39 is 6.04 Å². The number of fused-ring (bicyclic) bond motifs is 4. The van der Waals surface area contributed by atoms with Gasteiger partial charge in [-0.2, -0.15) is 0 Å². The first kappa shape index (κ1) is 22.4. The number of nitrogens with zero attached hydrogens (tertiary/aromatic N) is 2. The van der Waals surface area contributed by atoms with Gasteiger partial charge in [0.2, 0.25) is 11.8 Å². The Kier molecular flexibility index (Phi) is 4.91. The van der Waals surface area contributed by atoms with Crippen LogP contribution in [-0.2, 0) is 16.0 Å². The maximum Gasteiger partial charge on any atom is 0.246 e. The van der Waals surface area contributed by atoms with Crippen molar-refractivity contribution in [2.75, 3.05) is 6.54 Å². The summed E-state index contributed by atoms with van der Waals surface area (Å²) < 4.78 is 0. The van der Waals surface area contributed by atoms with Crippen molar-refractivity contribution in [2.24, 2.45) is 0 Å². The molecule has 0 unspecified atom stereocenters. The molecule has 0 saturated carbocycles. The van der Waals surface area contributed by atoms with Gasteiger partial charge in [0.25, 0.3) is 0 Å². The highest BCUT2D eigenvalue weighted by molar-refractivity contribution is 5.97. The van der Waals surface area contributed by atoms with Crippen molar-refractivity contribution in [3.8, 4) is 0 Å². The fourth-order valence-electron chi connectivity index (χ4n) is 7.07. The summed E-state index contributed by atoms with van der Waals surface area (Å²) in [5.41, 5.74) is 4.07. The SMILES string of the molecule is CC1(C)CC(N2CC(=O)N3[C@H](c4ccccc4)c4[nH]c5ccccc5c4C[C@H]3C2=O)CC(C)(C)N1. The quantitative estimate of drug-likeness (QED) is 0.591. The number of carbonyl (C=O) groups is 2. The van der Waals surface area contributed by atoms with Gasteiger partial charge in [-0.3, -0.25) is 9.59 Å². The summed E-state index contributed by atoms with van der Waals surface area (Å²) in [5, 5.41) is 4.85. The molecule has 0 radical (unpaired) electrons. The van der Waals surface area contributed by atoms with Gasteiger partial charge in [0, 0.05) is 40.1 Å². The van der Waals surface area contributed by atoms with Crippen molar-refractivity contribution in [3.63, 3.8) is 0 Å². The molecular weight excluding hydrogens is 436 g/mol. The maximum atomic E-state index is 14.2. The Morgan fingerprint density at radius 2 is 1.54 bits per heavy atom. The largest absolute Gasteiger partial charge is 0.356 e. The predicted molar refractivity (Wildman–Crippen MR) is 137 cm³/mol. The minimum absolute atomic E-state index is 0.0295. The molecule has 1 aromatic heterocycles. The average Bonchev–Trinajstić information content (AvgIpc) is 3.17. The van der Waals surface area contributed by atoms with Gasteiger partial charge in [0.05, 0.1) is 6.04 Å². The molecule has 3 aliphatic rings. The highest BCUT2D eigenvalue weighted by atomic mass is 16.2. The van der Waals surface area contributed by atoms with Crippen LogP contribution in [-0.4, -0.2) is 56.3 Å². The van der Waals surface area contributed by atoms with Crippen molar-refractivity contribution < 1.29 is 9.59 Å². The maximum absolute atomic E-state index is 14.2. The summed E-state index contributed by atoms with van der Waals surface area (Å²) in [4.78, 5) is 35.4. The van der Waals surface area contributed by atoms with Crippen molar-refractivity contribution in [1.82, 2.24) is 20.1 Å². The zero-order chi connectivity index (χ0) is 24.5. The van der Waals surface area contributed by atoms with Crippen LogP contribution < -0.4 is 5.32 Å². The Labute approximate surface area is 206 Å². The van der Waals surface area contributed by atoms with E-state index in [1.54, 1.807) is 0 Å². The summed E-state index contributed by atoms with van der Waals surface area (Å²) in [7, 11) is 0. The van der Waals surface area contributed by atoms with Gasteiger partial charge in [-0.15, -0.1) is 0 Å². The topological polar surface area (TPSA) is 68.4 Å². The van der Waals surface area contributed by atoms with E-state index in [9.17, 15) is 9.59 Å². The number of piperidine rings is 1. The molecule has 3 aromatic rings. The number of aromatic nitrogens is 1. The van der Waals surface area contributed by atoms with Crippen molar-refractivity contribution in [2.45, 2.75) is 76.2 Å². The van der Waals surface area contributed by atoms with E-state index in [0.717, 1.165) is 40.6 Å². The van der Waals surface area contributed by atoms with Crippen molar-refractivity contribution in [1.29, 1.82) is 0 Å². The second-order valence-electron chi connectivity index (χ2n) is 11.8. The van der Waals surface area contributed by atoms with Crippen LogP contribution in [0.15, 0.2) is 54.6 Å². The predicted octanol–water partition coefficient (Wildman–Crippen LogP) is 4.16. The van der Waals surface area contributed by atoms with Crippen LogP contribution in [0.3, 0.4) is 0 Å². The molecule has 2 fully saturated rings. The molecule has 2 aromatic carbocycles. The van der Waals surface area contributed by atoms with Crippen molar-refractivity contribution >= 4 is 22.7 Å². The fraction of sp³-hybridized carbons (Fsp3) is 0.448. The van der Waals surface area contributed by atoms with E-state index in [1.165, 1.54) is 0 Å². The van der Waals surface area contributed by atoms with Crippen LogP contribution in [0.5, 0.6) is 0 Å². The molecule has 2 N–H and O–H groups in total. The standard InChI is InChI=1S/C29H34N4O2/c1-28(2)15-19(16-29(3,4)31-28)32-17-24(34)33-23(27(32)35)14-21-20-12-8-9-13-22(20)30-25(21)26(33)18-10-6-5-7-11-18/h5-13,19,23,26,30-31H,14-17H2,1-4H3/t23-,26+/m0/s1. The number of benzene rings is 2. The Bertz CT molecular complexity index is 1290. The monoisotopic (exact) mass is 470 g/mol. The molecule has 0 spiro atoms. The lowest BCUT2D eigenvalue weighted by Crippen LogP contribution is -2.69. The lowest BCUT2D eigenvalue weighted by atomic mass is 9.78. The zero-order valence-electron chi connectivity index (χ0n) is 21.0. The molecule has 35 heavy (non-hydrogen) atoms. The number of para-hydroxylation sites is 1. The van der Waals surface area contributed by atoms with E-state index in [4.69, 9.17) is 0 Å². The smallest absolute Gasteiger partial charge is 0.246 e. The molecule has 0 bridgehead atoms. The first-order valence-corrected chi connectivity index (χ1v) is 12.7. The summed E-state index contributed by atoms with van der Waals surface area (Å²) in [5.74, 6) is 0.113. The van der Waals surface area contributed by atoms with E-state index >= 15 is 0 Å². The van der Waals surface area contributed by atoms with Gasteiger partial charge in [0.1, 0.15) is 12.6 Å². The number of aromatic amines is 1. The Hall–Kier alpha value is -3.12. The lowest BCUT2D eigenvalue weighted by molar-refractivity contribution is -0.162. The van der Waals surface area contributed by atoms with E-state index in [-0.39, 0.29) is 41.5 Å². The number of H-pyrrole nitrogens is 1. The number of piperazine rings is 1. The summed E-state index contributed by atoms with van der Waals surface area (Å²) in [6.07, 6.45) is 2.22. The third kappa shape index (κ3) is 3.66. The molecular formula is C29H34N4O2. The van der Waals surface area contributed by atoms with Crippen LogP contribution in [0.2, 0.25) is 0 Å². The molecule has 6 nitrogen and oxygen atoms in total. The van der Waals surface area contributed by atoms with E-state index in [1.807, 2.05) is 40.1 Å². The third-order valence-electron chi connectivity index (χ3n) is 8.02. The van der Waals surface area contributed by atoms with Crippen LogP contribution in [0, 0.1) is 0 Å². The van der Waals surface area contributed by atoms with E-state index in [0.29, 0.717) is 6.42 Å². The molecule has 182 valence electrons. The molecule has 2 atom stereocenters. The van der Waals surface area contributed by atoms with Gasteiger partial charge >= 0.3 is 0 Å². The molecule has 2 saturated heterocycles. The number of carbonyl (C=O) groups excluding carboxylic acids is 2. The highest BCUT2D eigenvalue weighted by Crippen LogP contribution is 2.43. The van der Waals surface area contributed by atoms with Crippen LogP contribution in [0.25, 0.3) is 10.9 Å². The van der Waals surface area contributed by atoms with Gasteiger partial charge in [-0.1, -0.05) is 48.5 Å². The highest BCUT2D eigenvalue weighted by Gasteiger charge is 2.51. The number of hydrogen-bond donors (Lipinski definition) is 2. The van der Waals surface area contributed by atoms with Gasteiger partial charge in [-0.05, 0) is 57.7 Å². The van der Waals surface area contributed by atoms with Crippen LogP contribution in [0.1, 0.15) is 63.4 Å². The normalized spacial score (nSPS) is 26.1. The molecule has 3 aliphatic heterocycles. The first-order chi connectivity index (χ1) is 16.6. The average molecular weight is 471 g/mol. The molecule has 6 rings (SSSR count). The lowest BCUT2D eigenvalue weighted by Gasteiger charge is -2.53. The third-order valence-corrected chi connectivity index (χ3v) is 8.02. The summed E-state index contributed by atoms with van der Waals surface area (Å²) in [6.45, 7) is 8.90. The second-order valence-corrected chi connectivity index (χ2v) is 11.8. The van der Waals surface area contributed by atoms with Crippen molar-refractivity contribution in [3.05, 3.63) is 71.4 Å². The number of rotatable bonds is 2. The summed E-state index contributed by atoms with van der Waals surface area (Å²) in [6, 6.07) is 17.6. The zero-order valence-corrected chi connectivity index (χ0v) is 21.0. The Balaban J connectivity index is 1.44. The Morgan fingerprint density at radius 1 is 0.886 bits per heavy atom. The fourth-order valence-corrected chi connectivity index (χ4v) is 7.07. The minimum atomic E-state index is -0.491. The van der Waals surface area contributed by atoms with Gasteiger partial charge in [0.15, 0.2) is 0 Å². The molecule has 4 heterocycles. The van der Waals surface area contributed by atoms with Crippen LogP contribution in [0.4, 0.5) is 0 Å². The van der Waals surface area contributed by atoms with Crippen LogP contribution >= 0.6 is 0 Å². The summed E-state index contributed by atoms with van der Waals surface area (Å²) >= 11 is 0. The number of amides is 2. The minimum Gasteiger partial charge on any atom is -0.356 e.